The fourth-order valence-corrected chi connectivity index (χ4v) is 2.77. The first-order chi connectivity index (χ1) is 15.4. The summed E-state index contributed by atoms with van der Waals surface area (Å²) < 4.78 is 15.9. The highest BCUT2D eigenvalue weighted by atomic mass is 16.5. The molecule has 0 aliphatic heterocycles. The molecule has 3 amide bonds. The minimum Gasteiger partial charge on any atom is -0.493 e. The lowest BCUT2D eigenvalue weighted by molar-refractivity contribution is -0.119. The molecular formula is C23H27N3O6. The predicted molar refractivity (Wildman–Crippen MR) is 121 cm³/mol. The van der Waals surface area contributed by atoms with Crippen molar-refractivity contribution in [3.05, 3.63) is 53.6 Å². The van der Waals surface area contributed by atoms with E-state index < -0.39 is 0 Å². The Hall–Kier alpha value is -4.01. The SMILES string of the molecule is COc1cc(/C=C/C(=O)Nc2ccc(C(=O)NCCNC(C)=O)cc2)cc(OC)c1OC. The van der Waals surface area contributed by atoms with Crippen LogP contribution in [0.1, 0.15) is 22.8 Å². The summed E-state index contributed by atoms with van der Waals surface area (Å²) in [5.74, 6) is 0.673. The van der Waals surface area contributed by atoms with E-state index in [2.05, 4.69) is 16.0 Å². The van der Waals surface area contributed by atoms with Gasteiger partial charge in [0.15, 0.2) is 11.5 Å². The van der Waals surface area contributed by atoms with Gasteiger partial charge in [0.05, 0.1) is 21.3 Å². The highest BCUT2D eigenvalue weighted by Gasteiger charge is 2.12. The molecule has 0 fully saturated rings. The summed E-state index contributed by atoms with van der Waals surface area (Å²) in [6, 6.07) is 9.93. The minimum atomic E-state index is -0.341. The average molecular weight is 441 g/mol. The van der Waals surface area contributed by atoms with Crippen LogP contribution in [0.15, 0.2) is 42.5 Å². The molecule has 2 aromatic carbocycles. The smallest absolute Gasteiger partial charge is 0.251 e. The summed E-state index contributed by atoms with van der Waals surface area (Å²) in [5.41, 5.74) is 1.68. The summed E-state index contributed by atoms with van der Waals surface area (Å²) >= 11 is 0. The number of benzene rings is 2. The van der Waals surface area contributed by atoms with Crippen LogP contribution in [0.2, 0.25) is 0 Å². The van der Waals surface area contributed by atoms with E-state index in [1.54, 1.807) is 42.5 Å². The highest BCUT2D eigenvalue weighted by molar-refractivity contribution is 6.02. The van der Waals surface area contributed by atoms with Crippen molar-refractivity contribution in [1.82, 2.24) is 10.6 Å². The standard InChI is InChI=1S/C23H27N3O6/c1-15(27)24-11-12-25-23(29)17-6-8-18(9-7-17)26-21(28)10-5-16-13-19(30-2)22(32-4)20(14-16)31-3/h5-10,13-14H,11-12H2,1-4H3,(H,24,27)(H,25,29)(H,26,28)/b10-5+. The Morgan fingerprint density at radius 3 is 2.00 bits per heavy atom. The molecule has 32 heavy (non-hydrogen) atoms. The van der Waals surface area contributed by atoms with Crippen molar-refractivity contribution in [2.24, 2.45) is 0 Å². The van der Waals surface area contributed by atoms with E-state index >= 15 is 0 Å². The summed E-state index contributed by atoms with van der Waals surface area (Å²) in [7, 11) is 4.55. The fraction of sp³-hybridized carbons (Fsp3) is 0.261. The van der Waals surface area contributed by atoms with E-state index in [-0.39, 0.29) is 17.7 Å². The number of carbonyl (C=O) groups is 3. The monoisotopic (exact) mass is 441 g/mol. The van der Waals surface area contributed by atoms with E-state index in [1.165, 1.54) is 34.3 Å². The topological polar surface area (TPSA) is 115 Å². The zero-order valence-corrected chi connectivity index (χ0v) is 18.5. The van der Waals surface area contributed by atoms with Gasteiger partial charge in [0.2, 0.25) is 17.6 Å². The summed E-state index contributed by atoms with van der Waals surface area (Å²) in [5, 5.41) is 8.03. The second-order valence-corrected chi connectivity index (χ2v) is 6.60. The van der Waals surface area contributed by atoms with Crippen molar-refractivity contribution in [3.63, 3.8) is 0 Å². The number of amides is 3. The third kappa shape index (κ3) is 7.05. The molecule has 0 unspecified atom stereocenters. The molecule has 9 nitrogen and oxygen atoms in total. The molecule has 0 saturated carbocycles. The van der Waals surface area contributed by atoms with Gasteiger partial charge in [-0.2, -0.15) is 0 Å². The van der Waals surface area contributed by atoms with Crippen molar-refractivity contribution < 1.29 is 28.6 Å². The van der Waals surface area contributed by atoms with Gasteiger partial charge in [-0.15, -0.1) is 0 Å². The third-order valence-corrected chi connectivity index (χ3v) is 4.31. The van der Waals surface area contributed by atoms with Crippen LogP contribution >= 0.6 is 0 Å². The maximum Gasteiger partial charge on any atom is 0.251 e. The Balaban J connectivity index is 1.96. The van der Waals surface area contributed by atoms with Gasteiger partial charge in [-0.1, -0.05) is 0 Å². The van der Waals surface area contributed by atoms with Crippen molar-refractivity contribution >= 4 is 29.5 Å². The largest absolute Gasteiger partial charge is 0.493 e. The maximum atomic E-state index is 12.3. The Morgan fingerprint density at radius 2 is 1.47 bits per heavy atom. The van der Waals surface area contributed by atoms with Crippen molar-refractivity contribution in [1.29, 1.82) is 0 Å². The number of hydrogen-bond donors (Lipinski definition) is 3. The minimum absolute atomic E-state index is 0.154. The number of ether oxygens (including phenoxy) is 3. The van der Waals surface area contributed by atoms with Gasteiger partial charge in [0.1, 0.15) is 0 Å². The first-order valence-corrected chi connectivity index (χ1v) is 9.79. The quantitative estimate of drug-likeness (QED) is 0.385. The molecule has 0 heterocycles. The third-order valence-electron chi connectivity index (χ3n) is 4.31. The molecule has 170 valence electrons. The second-order valence-electron chi connectivity index (χ2n) is 6.60. The molecule has 9 heteroatoms. The number of carbonyl (C=O) groups excluding carboxylic acids is 3. The highest BCUT2D eigenvalue weighted by Crippen LogP contribution is 2.38. The number of nitrogens with one attached hydrogen (secondary N) is 3. The van der Waals surface area contributed by atoms with Crippen molar-refractivity contribution in [2.75, 3.05) is 39.7 Å². The molecular weight excluding hydrogens is 414 g/mol. The van der Waals surface area contributed by atoms with Gasteiger partial charge in [-0.05, 0) is 48.0 Å². The second kappa shape index (κ2) is 12.0. The van der Waals surface area contributed by atoms with E-state index in [0.717, 1.165) is 0 Å². The zero-order chi connectivity index (χ0) is 23.5. The van der Waals surface area contributed by atoms with Gasteiger partial charge in [-0.3, -0.25) is 14.4 Å². The zero-order valence-electron chi connectivity index (χ0n) is 18.5. The van der Waals surface area contributed by atoms with Crippen LogP contribution < -0.4 is 30.2 Å². The van der Waals surface area contributed by atoms with E-state index in [0.29, 0.717) is 47.2 Å². The van der Waals surface area contributed by atoms with Crippen LogP contribution in [0.4, 0.5) is 5.69 Å². The molecule has 2 rings (SSSR count). The van der Waals surface area contributed by atoms with Crippen molar-refractivity contribution in [3.8, 4) is 17.2 Å². The van der Waals surface area contributed by atoms with Crippen LogP contribution in [0.25, 0.3) is 6.08 Å². The molecule has 0 saturated heterocycles. The first kappa shape index (κ1) is 24.3. The lowest BCUT2D eigenvalue weighted by Crippen LogP contribution is -2.33. The Morgan fingerprint density at radius 1 is 0.875 bits per heavy atom. The molecule has 0 aromatic heterocycles. The maximum absolute atomic E-state index is 12.3. The fourth-order valence-electron chi connectivity index (χ4n) is 2.77. The number of hydrogen-bond acceptors (Lipinski definition) is 6. The van der Waals surface area contributed by atoms with Gasteiger partial charge in [-0.25, -0.2) is 0 Å². The Labute approximate surface area is 186 Å². The van der Waals surface area contributed by atoms with Gasteiger partial charge in [0, 0.05) is 37.3 Å². The number of anilines is 1. The molecule has 0 atom stereocenters. The molecule has 3 N–H and O–H groups in total. The van der Waals surface area contributed by atoms with E-state index in [9.17, 15) is 14.4 Å². The number of rotatable bonds is 10. The predicted octanol–water partition coefficient (Wildman–Crippen LogP) is 2.23. The summed E-state index contributed by atoms with van der Waals surface area (Å²) in [4.78, 5) is 35.2. The lowest BCUT2D eigenvalue weighted by atomic mass is 10.1. The molecule has 0 spiro atoms. The Bertz CT molecular complexity index is 961. The number of methoxy groups -OCH3 is 3. The molecule has 0 radical (unpaired) electrons. The Kier molecular flexibility index (Phi) is 9.09. The van der Waals surface area contributed by atoms with Gasteiger partial charge >= 0.3 is 0 Å². The summed E-state index contributed by atoms with van der Waals surface area (Å²) in [6.07, 6.45) is 3.00. The first-order valence-electron chi connectivity index (χ1n) is 9.79. The molecule has 0 aliphatic rings. The lowest BCUT2D eigenvalue weighted by Gasteiger charge is -2.12. The molecule has 0 bridgehead atoms. The molecule has 0 aliphatic carbocycles. The van der Waals surface area contributed by atoms with Crippen LogP contribution in [-0.4, -0.2) is 52.1 Å². The van der Waals surface area contributed by atoms with Gasteiger partial charge in [0.25, 0.3) is 5.91 Å². The van der Waals surface area contributed by atoms with E-state index in [1.807, 2.05) is 0 Å². The van der Waals surface area contributed by atoms with E-state index in [4.69, 9.17) is 14.2 Å². The normalized spacial score (nSPS) is 10.4. The van der Waals surface area contributed by atoms with Crippen LogP contribution in [0, 0.1) is 0 Å². The van der Waals surface area contributed by atoms with Crippen LogP contribution in [-0.2, 0) is 9.59 Å². The molecule has 2 aromatic rings. The van der Waals surface area contributed by atoms with Gasteiger partial charge < -0.3 is 30.2 Å². The van der Waals surface area contributed by atoms with Crippen LogP contribution in [0.3, 0.4) is 0 Å². The average Bonchev–Trinajstić information content (AvgIpc) is 2.79. The summed E-state index contributed by atoms with van der Waals surface area (Å²) in [6.45, 7) is 2.09. The van der Waals surface area contributed by atoms with Crippen LogP contribution in [0.5, 0.6) is 17.2 Å². The van der Waals surface area contributed by atoms with Crippen molar-refractivity contribution in [2.45, 2.75) is 6.92 Å².